The van der Waals surface area contributed by atoms with Crippen LogP contribution in [0.15, 0.2) is 6.20 Å². The molecule has 0 aromatic carbocycles. The largest absolute Gasteiger partial charge is 0.369 e. The van der Waals surface area contributed by atoms with Gasteiger partial charge in [0.15, 0.2) is 5.65 Å². The molecule has 0 saturated carbocycles. The number of rotatable bonds is 4. The smallest absolute Gasteiger partial charge is 0.226 e. The lowest BCUT2D eigenvalue weighted by Gasteiger charge is -2.31. The lowest BCUT2D eigenvalue weighted by Crippen LogP contribution is -2.35. The fourth-order valence-electron chi connectivity index (χ4n) is 2.69. The number of H-pyrrole nitrogens is 1. The molecule has 1 saturated heterocycles. The van der Waals surface area contributed by atoms with Crippen molar-refractivity contribution in [3.63, 3.8) is 0 Å². The van der Waals surface area contributed by atoms with Crippen LogP contribution in [-0.4, -0.2) is 51.2 Å². The molecule has 7 heteroatoms. The van der Waals surface area contributed by atoms with E-state index >= 15 is 0 Å². The van der Waals surface area contributed by atoms with Crippen molar-refractivity contribution >= 4 is 28.5 Å². The molecule has 0 atom stereocenters. The minimum Gasteiger partial charge on any atom is -0.369 e. The summed E-state index contributed by atoms with van der Waals surface area (Å²) in [5.74, 6) is 1.46. The average Bonchev–Trinajstić information content (AvgIpc) is 2.93. The highest BCUT2D eigenvalue weighted by Gasteiger charge is 2.18. The second-order valence-corrected chi connectivity index (χ2v) is 5.57. The Bertz CT molecular complexity index is 575. The fourth-order valence-corrected chi connectivity index (χ4v) is 2.86. The van der Waals surface area contributed by atoms with E-state index in [2.05, 4.69) is 37.3 Å². The molecule has 0 aliphatic carbocycles. The SMILES string of the molecule is CCN1CCC(CNc2nc(Cl)nc3[nH]ncc23)CC1. The maximum atomic E-state index is 5.92. The van der Waals surface area contributed by atoms with Crippen LogP contribution in [0.25, 0.3) is 11.0 Å². The van der Waals surface area contributed by atoms with E-state index in [1.54, 1.807) is 6.20 Å². The van der Waals surface area contributed by atoms with Crippen LogP contribution in [0.5, 0.6) is 0 Å². The highest BCUT2D eigenvalue weighted by atomic mass is 35.5. The predicted molar refractivity (Wildman–Crippen MR) is 80.0 cm³/mol. The molecule has 1 fully saturated rings. The number of fused-ring (bicyclic) bond motifs is 1. The van der Waals surface area contributed by atoms with Gasteiger partial charge in [0.1, 0.15) is 5.82 Å². The number of hydrogen-bond donors (Lipinski definition) is 2. The van der Waals surface area contributed by atoms with Crippen LogP contribution in [0.3, 0.4) is 0 Å². The maximum Gasteiger partial charge on any atom is 0.226 e. The first kappa shape index (κ1) is 13.6. The maximum absolute atomic E-state index is 5.92. The van der Waals surface area contributed by atoms with E-state index in [1.807, 2.05) is 0 Å². The summed E-state index contributed by atoms with van der Waals surface area (Å²) in [5, 5.41) is 11.3. The molecule has 2 aromatic heterocycles. The summed E-state index contributed by atoms with van der Waals surface area (Å²) in [4.78, 5) is 10.9. The summed E-state index contributed by atoms with van der Waals surface area (Å²) in [7, 11) is 0. The van der Waals surface area contributed by atoms with E-state index in [9.17, 15) is 0 Å². The summed E-state index contributed by atoms with van der Waals surface area (Å²) in [6.07, 6.45) is 4.19. The summed E-state index contributed by atoms with van der Waals surface area (Å²) in [6, 6.07) is 0. The Morgan fingerprint density at radius 3 is 2.95 bits per heavy atom. The van der Waals surface area contributed by atoms with Crippen LogP contribution in [0.2, 0.25) is 5.28 Å². The highest BCUT2D eigenvalue weighted by molar-refractivity contribution is 6.28. The lowest BCUT2D eigenvalue weighted by atomic mass is 9.97. The molecule has 3 rings (SSSR count). The molecule has 0 unspecified atom stereocenters. The van der Waals surface area contributed by atoms with Gasteiger partial charge in [-0.15, -0.1) is 0 Å². The Morgan fingerprint density at radius 1 is 1.40 bits per heavy atom. The van der Waals surface area contributed by atoms with Gasteiger partial charge in [-0.05, 0) is 50.0 Å². The Balaban J connectivity index is 1.64. The molecule has 1 aliphatic rings. The van der Waals surface area contributed by atoms with Crippen molar-refractivity contribution in [3.8, 4) is 0 Å². The second kappa shape index (κ2) is 5.93. The second-order valence-electron chi connectivity index (χ2n) is 5.23. The zero-order valence-corrected chi connectivity index (χ0v) is 12.3. The number of aromatic amines is 1. The molecule has 1 aliphatic heterocycles. The van der Waals surface area contributed by atoms with Crippen molar-refractivity contribution in [2.75, 3.05) is 31.5 Å². The predicted octanol–water partition coefficient (Wildman–Crippen LogP) is 2.15. The molecule has 6 nitrogen and oxygen atoms in total. The van der Waals surface area contributed by atoms with Crippen molar-refractivity contribution < 1.29 is 0 Å². The van der Waals surface area contributed by atoms with Crippen LogP contribution in [0.4, 0.5) is 5.82 Å². The average molecular weight is 295 g/mol. The number of halogens is 1. The molecule has 0 amide bonds. The number of piperidine rings is 1. The molecular weight excluding hydrogens is 276 g/mol. The number of nitrogens with one attached hydrogen (secondary N) is 2. The monoisotopic (exact) mass is 294 g/mol. The third-order valence-corrected chi connectivity index (χ3v) is 4.16. The van der Waals surface area contributed by atoms with Gasteiger partial charge in [0.05, 0.1) is 11.6 Å². The lowest BCUT2D eigenvalue weighted by molar-refractivity contribution is 0.198. The van der Waals surface area contributed by atoms with Crippen LogP contribution in [-0.2, 0) is 0 Å². The fraction of sp³-hybridized carbons (Fsp3) is 0.615. The Hall–Kier alpha value is -1.40. The van der Waals surface area contributed by atoms with Crippen LogP contribution in [0.1, 0.15) is 19.8 Å². The first-order chi connectivity index (χ1) is 9.76. The molecule has 20 heavy (non-hydrogen) atoms. The van der Waals surface area contributed by atoms with Crippen molar-refractivity contribution in [2.45, 2.75) is 19.8 Å². The number of nitrogens with zero attached hydrogens (tertiary/aromatic N) is 4. The first-order valence-electron chi connectivity index (χ1n) is 7.09. The van der Waals surface area contributed by atoms with Crippen LogP contribution in [0, 0.1) is 5.92 Å². The number of likely N-dealkylation sites (tertiary alicyclic amines) is 1. The summed E-state index contributed by atoms with van der Waals surface area (Å²) >= 11 is 5.92. The minimum atomic E-state index is 0.241. The summed E-state index contributed by atoms with van der Waals surface area (Å²) < 4.78 is 0. The molecular formula is C13H19ClN6. The van der Waals surface area contributed by atoms with E-state index in [1.165, 1.54) is 25.9 Å². The Morgan fingerprint density at radius 2 is 2.20 bits per heavy atom. The third kappa shape index (κ3) is 2.86. The highest BCUT2D eigenvalue weighted by Crippen LogP contribution is 2.22. The molecule has 2 N–H and O–H groups in total. The van der Waals surface area contributed by atoms with Gasteiger partial charge >= 0.3 is 0 Å². The van der Waals surface area contributed by atoms with Crippen molar-refractivity contribution in [1.29, 1.82) is 0 Å². The summed E-state index contributed by atoms with van der Waals surface area (Å²) in [6.45, 7) is 6.67. The number of aromatic nitrogens is 4. The van der Waals surface area contributed by atoms with E-state index in [-0.39, 0.29) is 5.28 Å². The summed E-state index contributed by atoms with van der Waals surface area (Å²) in [5.41, 5.74) is 0.674. The van der Waals surface area contributed by atoms with Gasteiger partial charge in [0.2, 0.25) is 5.28 Å². The first-order valence-corrected chi connectivity index (χ1v) is 7.47. The zero-order chi connectivity index (χ0) is 13.9. The van der Waals surface area contributed by atoms with Crippen LogP contribution >= 0.6 is 11.6 Å². The van der Waals surface area contributed by atoms with Gasteiger partial charge in [-0.3, -0.25) is 5.10 Å². The van der Waals surface area contributed by atoms with Gasteiger partial charge < -0.3 is 10.2 Å². The van der Waals surface area contributed by atoms with Crippen molar-refractivity contribution in [3.05, 3.63) is 11.5 Å². The van der Waals surface area contributed by atoms with E-state index in [0.29, 0.717) is 11.6 Å². The van der Waals surface area contributed by atoms with E-state index < -0.39 is 0 Å². The minimum absolute atomic E-state index is 0.241. The number of anilines is 1. The van der Waals surface area contributed by atoms with Crippen LogP contribution < -0.4 is 5.32 Å². The van der Waals surface area contributed by atoms with E-state index in [0.717, 1.165) is 24.3 Å². The van der Waals surface area contributed by atoms with Gasteiger partial charge in [0, 0.05) is 6.54 Å². The molecule has 0 radical (unpaired) electrons. The molecule has 2 aromatic rings. The van der Waals surface area contributed by atoms with Crippen molar-refractivity contribution in [2.24, 2.45) is 5.92 Å². The molecule has 108 valence electrons. The normalized spacial score (nSPS) is 17.7. The number of hydrogen-bond acceptors (Lipinski definition) is 5. The van der Waals surface area contributed by atoms with Gasteiger partial charge in [-0.2, -0.15) is 15.1 Å². The topological polar surface area (TPSA) is 69.7 Å². The van der Waals surface area contributed by atoms with E-state index in [4.69, 9.17) is 11.6 Å². The Kier molecular flexibility index (Phi) is 4.03. The van der Waals surface area contributed by atoms with Crippen molar-refractivity contribution in [1.82, 2.24) is 25.1 Å². The van der Waals surface area contributed by atoms with Gasteiger partial charge in [-0.25, -0.2) is 0 Å². The molecule has 3 heterocycles. The zero-order valence-electron chi connectivity index (χ0n) is 11.6. The standard InChI is InChI=1S/C13H19ClN6/c1-2-20-5-3-9(4-6-20)7-15-11-10-8-16-19-12(10)18-13(14)17-11/h8-9H,2-7H2,1H3,(H2,15,16,17,18,19). The third-order valence-electron chi connectivity index (χ3n) is 4.00. The molecule has 0 spiro atoms. The van der Waals surface area contributed by atoms with Gasteiger partial charge in [0.25, 0.3) is 0 Å². The quantitative estimate of drug-likeness (QED) is 0.846. The van der Waals surface area contributed by atoms with Gasteiger partial charge in [-0.1, -0.05) is 6.92 Å². The Labute approximate surface area is 122 Å². The molecule has 0 bridgehead atoms.